The molecule has 2 rings (SSSR count). The predicted octanol–water partition coefficient (Wildman–Crippen LogP) is 1.67. The van der Waals surface area contributed by atoms with Crippen molar-refractivity contribution in [2.45, 2.75) is 4.90 Å². The Morgan fingerprint density at radius 3 is 2.31 bits per heavy atom. The van der Waals surface area contributed by atoms with E-state index in [2.05, 4.69) is 0 Å². The monoisotopic (exact) mass is 286 g/mol. The van der Waals surface area contributed by atoms with Crippen LogP contribution in [0.2, 0.25) is 0 Å². The number of hydrogen-bond acceptors (Lipinski definition) is 3. The molecule has 0 spiro atoms. The number of anilines is 1. The van der Waals surface area contributed by atoms with Crippen LogP contribution in [0.25, 0.3) is 10.8 Å². The molecular weight excluding hydrogens is 278 g/mol. The van der Waals surface area contributed by atoms with Gasteiger partial charge in [-0.15, -0.1) is 0 Å². The molecule has 0 aliphatic rings. The minimum Gasteiger partial charge on any atom is -0.398 e. The number of nitrogens with two attached hydrogens (primary N) is 1. The molecule has 0 heterocycles. The smallest absolute Gasteiger partial charge is 0.297 e. The maximum atomic E-state index is 11.1. The Balaban J connectivity index is 0.00000128. The molecule has 4 nitrogen and oxygen atoms in total. The van der Waals surface area contributed by atoms with E-state index in [4.69, 9.17) is 10.3 Å². The number of rotatable bonds is 1. The minimum absolute atomic E-state index is 0. The molecule has 2 aromatic carbocycles. The fourth-order valence-corrected chi connectivity index (χ4v) is 2.38. The summed E-state index contributed by atoms with van der Waals surface area (Å²) in [5.74, 6) is 0. The van der Waals surface area contributed by atoms with Crippen molar-refractivity contribution >= 4 is 26.6 Å². The van der Waals surface area contributed by atoms with Crippen LogP contribution >= 0.6 is 0 Å². The standard InChI is InChI=1S/C10H9NO3S.Cu/c11-9-6-5-7-3-1-2-4-8(7)10(9)15(12,13)14;/h1-6H,11H2,(H,12,13,14);. The van der Waals surface area contributed by atoms with Gasteiger partial charge in [0, 0.05) is 22.5 Å². The van der Waals surface area contributed by atoms with Crippen LogP contribution < -0.4 is 5.73 Å². The molecule has 16 heavy (non-hydrogen) atoms. The first-order valence-electron chi connectivity index (χ1n) is 4.25. The summed E-state index contributed by atoms with van der Waals surface area (Å²) in [6.07, 6.45) is 0. The first-order valence-corrected chi connectivity index (χ1v) is 5.69. The summed E-state index contributed by atoms with van der Waals surface area (Å²) < 4.78 is 31.3. The van der Waals surface area contributed by atoms with Gasteiger partial charge in [-0.05, 0) is 11.5 Å². The molecule has 0 aliphatic heterocycles. The molecule has 0 atom stereocenters. The Labute approximate surface area is 104 Å². The van der Waals surface area contributed by atoms with Crippen LogP contribution in [0.3, 0.4) is 0 Å². The van der Waals surface area contributed by atoms with Crippen LogP contribution in [-0.2, 0) is 27.2 Å². The summed E-state index contributed by atoms with van der Waals surface area (Å²) in [7, 11) is -4.29. The van der Waals surface area contributed by atoms with Crippen molar-refractivity contribution in [1.29, 1.82) is 0 Å². The number of hydrogen-bond donors (Lipinski definition) is 2. The van der Waals surface area contributed by atoms with Crippen LogP contribution in [0.5, 0.6) is 0 Å². The maximum absolute atomic E-state index is 11.1. The Morgan fingerprint density at radius 2 is 1.69 bits per heavy atom. The first-order chi connectivity index (χ1) is 7.00. The Hall–Kier alpha value is -1.07. The van der Waals surface area contributed by atoms with Crippen molar-refractivity contribution in [2.24, 2.45) is 0 Å². The van der Waals surface area contributed by atoms with Crippen LogP contribution in [0.4, 0.5) is 5.69 Å². The summed E-state index contributed by atoms with van der Waals surface area (Å²) in [5.41, 5.74) is 5.59. The molecule has 1 radical (unpaired) electrons. The fraction of sp³-hybridized carbons (Fsp3) is 0. The maximum Gasteiger partial charge on any atom is 0.297 e. The van der Waals surface area contributed by atoms with E-state index in [1.165, 1.54) is 6.07 Å². The average Bonchev–Trinajstić information content (AvgIpc) is 2.15. The number of fused-ring (bicyclic) bond motifs is 1. The first kappa shape index (κ1) is 13.0. The van der Waals surface area contributed by atoms with Gasteiger partial charge in [-0.1, -0.05) is 30.3 Å². The quantitative estimate of drug-likeness (QED) is 0.475. The van der Waals surface area contributed by atoms with Crippen molar-refractivity contribution < 1.29 is 30.0 Å². The topological polar surface area (TPSA) is 80.4 Å². The summed E-state index contributed by atoms with van der Waals surface area (Å²) in [6.45, 7) is 0. The van der Waals surface area contributed by atoms with Crippen molar-refractivity contribution in [1.82, 2.24) is 0 Å². The van der Waals surface area contributed by atoms with E-state index in [0.29, 0.717) is 5.39 Å². The summed E-state index contributed by atoms with van der Waals surface area (Å²) in [6, 6.07) is 10.0. The normalized spacial score (nSPS) is 11.1. The fourth-order valence-electron chi connectivity index (χ4n) is 1.55. The van der Waals surface area contributed by atoms with Crippen molar-refractivity contribution in [2.75, 3.05) is 5.73 Å². The van der Waals surface area contributed by atoms with Crippen LogP contribution in [-0.4, -0.2) is 13.0 Å². The van der Waals surface area contributed by atoms with E-state index in [1.54, 1.807) is 30.3 Å². The summed E-state index contributed by atoms with van der Waals surface area (Å²) in [4.78, 5) is -0.222. The van der Waals surface area contributed by atoms with Crippen LogP contribution in [0, 0.1) is 0 Å². The Bertz CT molecular complexity index is 625. The van der Waals surface area contributed by atoms with E-state index >= 15 is 0 Å². The van der Waals surface area contributed by atoms with Gasteiger partial charge in [0.1, 0.15) is 4.90 Å². The molecule has 2 aromatic rings. The van der Waals surface area contributed by atoms with Crippen LogP contribution in [0.1, 0.15) is 0 Å². The molecular formula is C10H9CuNO3S. The Kier molecular flexibility index (Phi) is 3.60. The zero-order valence-electron chi connectivity index (χ0n) is 8.01. The molecule has 89 valence electrons. The largest absolute Gasteiger partial charge is 0.398 e. The molecule has 0 amide bonds. The molecule has 3 N–H and O–H groups in total. The zero-order chi connectivity index (χ0) is 11.1. The van der Waals surface area contributed by atoms with Gasteiger partial charge in [0.2, 0.25) is 0 Å². The molecule has 0 unspecified atom stereocenters. The molecule has 6 heteroatoms. The third-order valence-corrected chi connectivity index (χ3v) is 3.14. The van der Waals surface area contributed by atoms with E-state index in [0.717, 1.165) is 5.39 Å². The van der Waals surface area contributed by atoms with Gasteiger partial charge in [0.05, 0.1) is 5.69 Å². The molecule has 0 fully saturated rings. The third-order valence-electron chi connectivity index (χ3n) is 2.17. The van der Waals surface area contributed by atoms with Crippen LogP contribution in [0.15, 0.2) is 41.3 Å². The van der Waals surface area contributed by atoms with Gasteiger partial charge in [-0.3, -0.25) is 4.55 Å². The summed E-state index contributed by atoms with van der Waals surface area (Å²) >= 11 is 0. The van der Waals surface area contributed by atoms with Crippen molar-refractivity contribution in [3.05, 3.63) is 36.4 Å². The predicted molar refractivity (Wildman–Crippen MR) is 58.2 cm³/mol. The van der Waals surface area contributed by atoms with Crippen molar-refractivity contribution in [3.63, 3.8) is 0 Å². The molecule has 0 bridgehead atoms. The molecule has 0 saturated heterocycles. The van der Waals surface area contributed by atoms with Gasteiger partial charge in [-0.25, -0.2) is 0 Å². The van der Waals surface area contributed by atoms with Crippen molar-refractivity contribution in [3.8, 4) is 0 Å². The zero-order valence-corrected chi connectivity index (χ0v) is 9.77. The second-order valence-electron chi connectivity index (χ2n) is 3.18. The van der Waals surface area contributed by atoms with Gasteiger partial charge in [0.25, 0.3) is 10.1 Å². The number of nitrogen functional groups attached to an aromatic ring is 1. The van der Waals surface area contributed by atoms with Gasteiger partial charge in [-0.2, -0.15) is 8.42 Å². The van der Waals surface area contributed by atoms with Gasteiger partial charge >= 0.3 is 0 Å². The second kappa shape index (κ2) is 4.43. The third kappa shape index (κ3) is 2.20. The van der Waals surface area contributed by atoms with E-state index < -0.39 is 10.1 Å². The second-order valence-corrected chi connectivity index (χ2v) is 4.54. The number of benzene rings is 2. The van der Waals surface area contributed by atoms with E-state index in [-0.39, 0.29) is 27.7 Å². The Morgan fingerprint density at radius 1 is 1.06 bits per heavy atom. The summed E-state index contributed by atoms with van der Waals surface area (Å²) in [5, 5.41) is 1.15. The van der Waals surface area contributed by atoms with Gasteiger partial charge in [0.15, 0.2) is 0 Å². The molecule has 0 saturated carbocycles. The van der Waals surface area contributed by atoms with Gasteiger partial charge < -0.3 is 5.73 Å². The van der Waals surface area contributed by atoms with E-state index in [1.807, 2.05) is 0 Å². The average molecular weight is 287 g/mol. The molecule has 0 aromatic heterocycles. The minimum atomic E-state index is -4.29. The molecule has 0 aliphatic carbocycles. The SMILES string of the molecule is Nc1ccc2ccccc2c1S(=O)(=O)O.[Cu]. The van der Waals surface area contributed by atoms with E-state index in [9.17, 15) is 8.42 Å².